The van der Waals surface area contributed by atoms with E-state index in [0.29, 0.717) is 0 Å². The Morgan fingerprint density at radius 2 is 1.26 bits per heavy atom. The van der Waals surface area contributed by atoms with Crippen LogP contribution in [0.1, 0.15) is 0 Å². The minimum absolute atomic E-state index is 0.870. The topological polar surface area (TPSA) is 31.0 Å². The van der Waals surface area contributed by atoms with Crippen LogP contribution in [0.25, 0.3) is 71.8 Å². The first-order valence-corrected chi connectivity index (χ1v) is 12.8. The molecular weight excluding hydrogens is 464 g/mol. The molecule has 0 radical (unpaired) electrons. The van der Waals surface area contributed by atoms with E-state index >= 15 is 0 Å². The molecule has 0 saturated carbocycles. The van der Waals surface area contributed by atoms with Crippen LogP contribution in [0.5, 0.6) is 0 Å². The van der Waals surface area contributed by atoms with Crippen LogP contribution in [-0.2, 0) is 0 Å². The van der Waals surface area contributed by atoms with Crippen LogP contribution in [-0.4, -0.2) is 9.55 Å². The van der Waals surface area contributed by atoms with Crippen molar-refractivity contribution in [3.8, 4) is 28.1 Å². The molecule has 3 aromatic heterocycles. The Bertz CT molecular complexity index is 2120. The summed E-state index contributed by atoms with van der Waals surface area (Å²) < 4.78 is 8.69. The van der Waals surface area contributed by atoms with Crippen LogP contribution in [0.3, 0.4) is 0 Å². The average Bonchev–Trinajstić information content (AvgIpc) is 3.53. The summed E-state index contributed by atoms with van der Waals surface area (Å²) in [7, 11) is 0. The highest BCUT2D eigenvalue weighted by Gasteiger charge is 2.17. The predicted molar refractivity (Wildman–Crippen MR) is 157 cm³/mol. The summed E-state index contributed by atoms with van der Waals surface area (Å²) in [5.41, 5.74) is 9.45. The second kappa shape index (κ2) is 8.19. The van der Waals surface area contributed by atoms with E-state index in [1.807, 2.05) is 18.3 Å². The number of furan rings is 1. The van der Waals surface area contributed by atoms with Gasteiger partial charge in [-0.05, 0) is 47.5 Å². The fraction of sp³-hybridized carbons (Fsp3) is 0. The molecule has 0 saturated heterocycles. The van der Waals surface area contributed by atoms with Gasteiger partial charge < -0.3 is 8.98 Å². The third-order valence-electron chi connectivity index (χ3n) is 7.45. The molecule has 0 spiro atoms. The van der Waals surface area contributed by atoms with Crippen LogP contribution < -0.4 is 0 Å². The molecule has 0 amide bonds. The van der Waals surface area contributed by atoms with Gasteiger partial charge in [0.1, 0.15) is 11.2 Å². The maximum Gasteiger partial charge on any atom is 0.144 e. The van der Waals surface area contributed by atoms with Gasteiger partial charge in [-0.25, -0.2) is 0 Å². The number of hydrogen-bond acceptors (Lipinski definition) is 2. The number of para-hydroxylation sites is 3. The molecule has 3 heteroatoms. The van der Waals surface area contributed by atoms with Gasteiger partial charge in [-0.1, -0.05) is 91.0 Å². The minimum Gasteiger partial charge on any atom is -0.455 e. The third-order valence-corrected chi connectivity index (χ3v) is 7.45. The average molecular weight is 487 g/mol. The summed E-state index contributed by atoms with van der Waals surface area (Å²) in [5, 5.41) is 4.54. The zero-order valence-electron chi connectivity index (χ0n) is 20.5. The molecule has 0 aliphatic heterocycles. The number of aromatic nitrogens is 2. The SMILES string of the molecule is c1ccc(-c2ccc3c4cnc(-c5cccc6c5oc5ccccc56)cc4n(-c4ccccc4)c3c2)cc1. The number of rotatable bonds is 3. The van der Waals surface area contributed by atoms with E-state index in [0.717, 1.165) is 55.3 Å². The van der Waals surface area contributed by atoms with E-state index in [1.165, 1.54) is 16.5 Å². The minimum atomic E-state index is 0.870. The van der Waals surface area contributed by atoms with Gasteiger partial charge in [0, 0.05) is 39.0 Å². The van der Waals surface area contributed by atoms with Crippen molar-refractivity contribution in [2.45, 2.75) is 0 Å². The van der Waals surface area contributed by atoms with Crippen molar-refractivity contribution in [2.24, 2.45) is 0 Å². The van der Waals surface area contributed by atoms with Gasteiger partial charge in [0.05, 0.1) is 16.7 Å². The number of fused-ring (bicyclic) bond motifs is 6. The Hall–Kier alpha value is -5.15. The van der Waals surface area contributed by atoms with Gasteiger partial charge in [-0.15, -0.1) is 0 Å². The van der Waals surface area contributed by atoms with Gasteiger partial charge in [-0.2, -0.15) is 0 Å². The van der Waals surface area contributed by atoms with Crippen molar-refractivity contribution in [3.05, 3.63) is 134 Å². The molecule has 3 heterocycles. The lowest BCUT2D eigenvalue weighted by Gasteiger charge is -2.09. The molecule has 0 bridgehead atoms. The van der Waals surface area contributed by atoms with Gasteiger partial charge in [0.25, 0.3) is 0 Å². The summed E-state index contributed by atoms with van der Waals surface area (Å²) in [6.45, 7) is 0. The van der Waals surface area contributed by atoms with Gasteiger partial charge in [0.2, 0.25) is 0 Å². The molecule has 0 fully saturated rings. The van der Waals surface area contributed by atoms with E-state index in [1.54, 1.807) is 0 Å². The fourth-order valence-electron chi connectivity index (χ4n) is 5.67. The third kappa shape index (κ3) is 3.12. The number of pyridine rings is 1. The maximum absolute atomic E-state index is 6.34. The molecule has 8 aromatic rings. The van der Waals surface area contributed by atoms with Crippen LogP contribution in [0, 0.1) is 0 Å². The quantitative estimate of drug-likeness (QED) is 0.249. The van der Waals surface area contributed by atoms with Crippen molar-refractivity contribution in [2.75, 3.05) is 0 Å². The van der Waals surface area contributed by atoms with E-state index in [2.05, 4.69) is 120 Å². The standard InChI is InChI=1S/C35H22N2O/c1-3-10-23(11-4-1)24-18-19-26-30-22-36-31(21-33(30)37(32(26)20-24)25-12-5-2-6-13-25)29-16-9-15-28-27-14-7-8-17-34(27)38-35(28)29/h1-22H. The van der Waals surface area contributed by atoms with E-state index in [9.17, 15) is 0 Å². The Kier molecular flexibility index (Phi) is 4.52. The lowest BCUT2D eigenvalue weighted by atomic mass is 10.0. The van der Waals surface area contributed by atoms with Crippen LogP contribution in [0.2, 0.25) is 0 Å². The van der Waals surface area contributed by atoms with Crippen LogP contribution >= 0.6 is 0 Å². The largest absolute Gasteiger partial charge is 0.455 e. The summed E-state index contributed by atoms with van der Waals surface area (Å²) in [6.07, 6.45) is 2.01. The molecule has 0 atom stereocenters. The normalized spacial score (nSPS) is 11.7. The molecule has 0 unspecified atom stereocenters. The second-order valence-electron chi connectivity index (χ2n) is 9.64. The van der Waals surface area contributed by atoms with E-state index in [4.69, 9.17) is 9.40 Å². The number of nitrogens with zero attached hydrogens (tertiary/aromatic N) is 2. The van der Waals surface area contributed by atoms with Crippen LogP contribution in [0.15, 0.2) is 138 Å². The summed E-state index contributed by atoms with van der Waals surface area (Å²) in [5.74, 6) is 0. The maximum atomic E-state index is 6.34. The van der Waals surface area contributed by atoms with Crippen molar-refractivity contribution in [1.29, 1.82) is 0 Å². The van der Waals surface area contributed by atoms with Gasteiger partial charge >= 0.3 is 0 Å². The smallest absolute Gasteiger partial charge is 0.144 e. The highest BCUT2D eigenvalue weighted by Crippen LogP contribution is 2.39. The fourth-order valence-corrected chi connectivity index (χ4v) is 5.67. The summed E-state index contributed by atoms with van der Waals surface area (Å²) >= 11 is 0. The predicted octanol–water partition coefficient (Wildman–Crippen LogP) is 9.41. The molecule has 38 heavy (non-hydrogen) atoms. The van der Waals surface area contributed by atoms with Crippen LogP contribution in [0.4, 0.5) is 0 Å². The highest BCUT2D eigenvalue weighted by atomic mass is 16.3. The lowest BCUT2D eigenvalue weighted by Crippen LogP contribution is -1.94. The van der Waals surface area contributed by atoms with Crippen molar-refractivity contribution in [3.63, 3.8) is 0 Å². The highest BCUT2D eigenvalue weighted by molar-refractivity contribution is 6.12. The lowest BCUT2D eigenvalue weighted by molar-refractivity contribution is 0.670. The molecule has 0 N–H and O–H groups in total. The second-order valence-corrected chi connectivity index (χ2v) is 9.64. The van der Waals surface area contributed by atoms with Gasteiger partial charge in [0.15, 0.2) is 0 Å². The Balaban J connectivity index is 1.42. The molecular formula is C35H22N2O. The Labute approximate surface area is 219 Å². The van der Waals surface area contributed by atoms with E-state index in [-0.39, 0.29) is 0 Å². The Morgan fingerprint density at radius 1 is 0.526 bits per heavy atom. The molecule has 8 rings (SSSR count). The molecule has 0 aliphatic carbocycles. The number of hydrogen-bond donors (Lipinski definition) is 0. The van der Waals surface area contributed by atoms with Crippen molar-refractivity contribution < 1.29 is 4.42 Å². The number of benzene rings is 5. The molecule has 0 aliphatic rings. The van der Waals surface area contributed by atoms with Crippen molar-refractivity contribution in [1.82, 2.24) is 9.55 Å². The van der Waals surface area contributed by atoms with Gasteiger partial charge in [-0.3, -0.25) is 4.98 Å². The summed E-state index contributed by atoms with van der Waals surface area (Å²) in [4.78, 5) is 4.96. The van der Waals surface area contributed by atoms with E-state index < -0.39 is 0 Å². The molecule has 3 nitrogen and oxygen atoms in total. The first-order chi connectivity index (χ1) is 18.8. The monoisotopic (exact) mass is 486 g/mol. The molecule has 5 aromatic carbocycles. The molecule has 178 valence electrons. The first-order valence-electron chi connectivity index (χ1n) is 12.8. The zero-order chi connectivity index (χ0) is 25.1. The summed E-state index contributed by atoms with van der Waals surface area (Å²) in [6, 6.07) is 44.5. The first kappa shape index (κ1) is 21.0. The zero-order valence-corrected chi connectivity index (χ0v) is 20.5. The Morgan fingerprint density at radius 3 is 2.13 bits per heavy atom. The van der Waals surface area contributed by atoms with Crippen molar-refractivity contribution >= 4 is 43.7 Å².